The van der Waals surface area contributed by atoms with Crippen LogP contribution in [0.15, 0.2) is 0 Å². The molecular formula is C14H30N2. The van der Waals surface area contributed by atoms with E-state index in [1.165, 1.54) is 71.0 Å². The fourth-order valence-corrected chi connectivity index (χ4v) is 2.67. The minimum atomic E-state index is 0.877. The first-order valence-electron chi connectivity index (χ1n) is 7.29. The maximum atomic E-state index is 5.61. The van der Waals surface area contributed by atoms with E-state index in [2.05, 4.69) is 11.8 Å². The lowest BCUT2D eigenvalue weighted by atomic mass is 9.93. The molecule has 0 aliphatic carbocycles. The van der Waals surface area contributed by atoms with Crippen LogP contribution in [0.4, 0.5) is 0 Å². The van der Waals surface area contributed by atoms with Gasteiger partial charge in [-0.15, -0.1) is 0 Å². The molecule has 0 aromatic carbocycles. The van der Waals surface area contributed by atoms with Crippen LogP contribution in [0.1, 0.15) is 58.3 Å². The number of nitrogens with two attached hydrogens (primary N) is 1. The van der Waals surface area contributed by atoms with E-state index in [0.29, 0.717) is 0 Å². The SMILES string of the molecule is CCCCCCCN1CCC(CCN)CC1. The summed E-state index contributed by atoms with van der Waals surface area (Å²) in [5.41, 5.74) is 5.61. The van der Waals surface area contributed by atoms with Crippen LogP contribution >= 0.6 is 0 Å². The molecule has 2 nitrogen and oxygen atoms in total. The molecule has 16 heavy (non-hydrogen) atoms. The van der Waals surface area contributed by atoms with Gasteiger partial charge >= 0.3 is 0 Å². The Morgan fingerprint density at radius 1 is 1.06 bits per heavy atom. The van der Waals surface area contributed by atoms with Crippen molar-refractivity contribution >= 4 is 0 Å². The number of likely N-dealkylation sites (tertiary alicyclic amines) is 1. The van der Waals surface area contributed by atoms with E-state index < -0.39 is 0 Å². The molecule has 0 saturated carbocycles. The summed E-state index contributed by atoms with van der Waals surface area (Å²) in [4.78, 5) is 2.65. The van der Waals surface area contributed by atoms with E-state index >= 15 is 0 Å². The Balaban J connectivity index is 1.95. The number of rotatable bonds is 8. The van der Waals surface area contributed by atoms with Crippen LogP contribution in [-0.2, 0) is 0 Å². The average Bonchev–Trinajstić information content (AvgIpc) is 2.31. The molecule has 0 spiro atoms. The van der Waals surface area contributed by atoms with Gasteiger partial charge < -0.3 is 10.6 Å². The van der Waals surface area contributed by atoms with Crippen molar-refractivity contribution in [3.63, 3.8) is 0 Å². The third-order valence-corrected chi connectivity index (χ3v) is 3.86. The molecule has 0 amide bonds. The standard InChI is InChI=1S/C14H30N2/c1-2-3-4-5-6-11-16-12-8-14(7-10-15)9-13-16/h14H,2-13,15H2,1H3. The molecule has 1 rings (SSSR count). The van der Waals surface area contributed by atoms with Crippen LogP contribution in [0.25, 0.3) is 0 Å². The number of hydrogen-bond acceptors (Lipinski definition) is 2. The molecule has 2 N–H and O–H groups in total. The molecule has 1 heterocycles. The normalized spacial score (nSPS) is 19.1. The zero-order chi connectivity index (χ0) is 11.6. The Labute approximate surface area is 102 Å². The summed E-state index contributed by atoms with van der Waals surface area (Å²) in [6.07, 6.45) is 11.0. The molecular weight excluding hydrogens is 196 g/mol. The number of hydrogen-bond donors (Lipinski definition) is 1. The Morgan fingerprint density at radius 2 is 1.75 bits per heavy atom. The Bertz CT molecular complexity index is 151. The maximum Gasteiger partial charge on any atom is -0.00161 e. The van der Waals surface area contributed by atoms with Crippen molar-refractivity contribution in [1.82, 2.24) is 4.90 Å². The van der Waals surface area contributed by atoms with Gasteiger partial charge in [0.05, 0.1) is 0 Å². The molecule has 0 atom stereocenters. The van der Waals surface area contributed by atoms with Crippen molar-refractivity contribution < 1.29 is 0 Å². The van der Waals surface area contributed by atoms with E-state index in [4.69, 9.17) is 5.73 Å². The van der Waals surface area contributed by atoms with Gasteiger partial charge in [-0.3, -0.25) is 0 Å². The smallest absolute Gasteiger partial charge is 0.00161 e. The van der Waals surface area contributed by atoms with Crippen molar-refractivity contribution in [3.05, 3.63) is 0 Å². The highest BCUT2D eigenvalue weighted by Crippen LogP contribution is 2.20. The summed E-state index contributed by atoms with van der Waals surface area (Å²) in [6.45, 7) is 7.12. The van der Waals surface area contributed by atoms with Gasteiger partial charge in [0.25, 0.3) is 0 Å². The number of piperidine rings is 1. The molecule has 1 aliphatic rings. The highest BCUT2D eigenvalue weighted by atomic mass is 15.1. The predicted molar refractivity (Wildman–Crippen MR) is 71.6 cm³/mol. The quantitative estimate of drug-likeness (QED) is 0.645. The Kier molecular flexibility index (Phi) is 7.87. The molecule has 2 heteroatoms. The summed E-state index contributed by atoms with van der Waals surface area (Å²) in [7, 11) is 0. The van der Waals surface area contributed by atoms with Crippen molar-refractivity contribution in [1.29, 1.82) is 0 Å². The molecule has 0 radical (unpaired) electrons. The molecule has 0 unspecified atom stereocenters. The topological polar surface area (TPSA) is 29.3 Å². The first-order chi connectivity index (χ1) is 7.86. The summed E-state index contributed by atoms with van der Waals surface area (Å²) in [5.74, 6) is 0.918. The lowest BCUT2D eigenvalue weighted by Gasteiger charge is -2.31. The molecule has 1 aliphatic heterocycles. The second kappa shape index (κ2) is 9.00. The first-order valence-corrected chi connectivity index (χ1v) is 7.29. The first kappa shape index (κ1) is 14.0. The monoisotopic (exact) mass is 226 g/mol. The van der Waals surface area contributed by atoms with Crippen LogP contribution in [0.2, 0.25) is 0 Å². The van der Waals surface area contributed by atoms with Crippen LogP contribution in [-0.4, -0.2) is 31.1 Å². The summed E-state index contributed by atoms with van der Waals surface area (Å²) < 4.78 is 0. The largest absolute Gasteiger partial charge is 0.330 e. The molecule has 0 aromatic heterocycles. The number of nitrogens with zero attached hydrogens (tertiary/aromatic N) is 1. The van der Waals surface area contributed by atoms with Gasteiger partial charge in [0.1, 0.15) is 0 Å². The Hall–Kier alpha value is -0.0800. The van der Waals surface area contributed by atoms with E-state index in [-0.39, 0.29) is 0 Å². The number of unbranched alkanes of at least 4 members (excludes halogenated alkanes) is 4. The van der Waals surface area contributed by atoms with E-state index in [0.717, 1.165) is 12.5 Å². The molecule has 0 bridgehead atoms. The van der Waals surface area contributed by atoms with Crippen LogP contribution in [0, 0.1) is 5.92 Å². The third kappa shape index (κ3) is 5.86. The lowest BCUT2D eigenvalue weighted by Crippen LogP contribution is -2.34. The average molecular weight is 226 g/mol. The molecule has 1 saturated heterocycles. The fraction of sp³-hybridized carbons (Fsp3) is 1.00. The van der Waals surface area contributed by atoms with Crippen molar-refractivity contribution in [2.75, 3.05) is 26.2 Å². The van der Waals surface area contributed by atoms with E-state index in [9.17, 15) is 0 Å². The van der Waals surface area contributed by atoms with Gasteiger partial charge in [0.2, 0.25) is 0 Å². The Morgan fingerprint density at radius 3 is 2.38 bits per heavy atom. The van der Waals surface area contributed by atoms with Crippen molar-refractivity contribution in [2.45, 2.75) is 58.3 Å². The van der Waals surface area contributed by atoms with E-state index in [1.807, 2.05) is 0 Å². The van der Waals surface area contributed by atoms with Crippen LogP contribution < -0.4 is 5.73 Å². The van der Waals surface area contributed by atoms with Crippen LogP contribution in [0.5, 0.6) is 0 Å². The minimum Gasteiger partial charge on any atom is -0.330 e. The fourth-order valence-electron chi connectivity index (χ4n) is 2.67. The molecule has 96 valence electrons. The zero-order valence-electron chi connectivity index (χ0n) is 11.1. The highest BCUT2D eigenvalue weighted by molar-refractivity contribution is 4.72. The van der Waals surface area contributed by atoms with Gasteiger partial charge in [0.15, 0.2) is 0 Å². The van der Waals surface area contributed by atoms with Gasteiger partial charge in [-0.1, -0.05) is 32.6 Å². The second-order valence-corrected chi connectivity index (χ2v) is 5.28. The van der Waals surface area contributed by atoms with Gasteiger partial charge in [0, 0.05) is 0 Å². The minimum absolute atomic E-state index is 0.877. The van der Waals surface area contributed by atoms with Gasteiger partial charge in [-0.2, -0.15) is 0 Å². The maximum absolute atomic E-state index is 5.61. The van der Waals surface area contributed by atoms with E-state index in [1.54, 1.807) is 0 Å². The predicted octanol–water partition coefficient (Wildman–Crippen LogP) is 3.02. The van der Waals surface area contributed by atoms with Crippen LogP contribution in [0.3, 0.4) is 0 Å². The van der Waals surface area contributed by atoms with Crippen molar-refractivity contribution in [2.24, 2.45) is 11.7 Å². The second-order valence-electron chi connectivity index (χ2n) is 5.28. The van der Waals surface area contributed by atoms with Crippen molar-refractivity contribution in [3.8, 4) is 0 Å². The highest BCUT2D eigenvalue weighted by Gasteiger charge is 2.17. The summed E-state index contributed by atoms with van der Waals surface area (Å²) >= 11 is 0. The molecule has 0 aromatic rings. The summed E-state index contributed by atoms with van der Waals surface area (Å²) in [5, 5.41) is 0. The zero-order valence-corrected chi connectivity index (χ0v) is 11.1. The third-order valence-electron chi connectivity index (χ3n) is 3.86. The van der Waals surface area contributed by atoms with Gasteiger partial charge in [-0.05, 0) is 57.8 Å². The summed E-state index contributed by atoms with van der Waals surface area (Å²) in [6, 6.07) is 0. The van der Waals surface area contributed by atoms with Gasteiger partial charge in [-0.25, -0.2) is 0 Å². The lowest BCUT2D eigenvalue weighted by molar-refractivity contribution is 0.177. The molecule has 1 fully saturated rings.